The van der Waals surface area contributed by atoms with Gasteiger partial charge in [-0.3, -0.25) is 4.79 Å². The first-order valence-electron chi connectivity index (χ1n) is 12.4. The van der Waals surface area contributed by atoms with E-state index in [0.717, 1.165) is 37.1 Å². The van der Waals surface area contributed by atoms with Gasteiger partial charge in [-0.1, -0.05) is 17.7 Å². The number of amides is 1. The molecule has 0 bridgehead atoms. The smallest absolute Gasteiger partial charge is 0.259 e. The van der Waals surface area contributed by atoms with E-state index in [1.54, 1.807) is 30.5 Å². The van der Waals surface area contributed by atoms with Crippen LogP contribution >= 0.6 is 11.6 Å². The number of hydrogen-bond donors (Lipinski definition) is 1. The number of hydrogen-bond acceptors (Lipinski definition) is 7. The minimum atomic E-state index is -3.84. The van der Waals surface area contributed by atoms with Gasteiger partial charge in [0.2, 0.25) is 11.9 Å². The molecular weight excluding hydrogens is 514 g/mol. The third-order valence-electron chi connectivity index (χ3n) is 7.23. The first-order valence-corrected chi connectivity index (χ1v) is 14.3. The summed E-state index contributed by atoms with van der Waals surface area (Å²) in [7, 11) is 0.000968. The molecule has 1 amide bonds. The molecule has 10 nitrogen and oxygen atoms in total. The molecule has 2 saturated heterocycles. The second-order valence-electron chi connectivity index (χ2n) is 10.1. The van der Waals surface area contributed by atoms with E-state index in [1.807, 2.05) is 36.9 Å². The van der Waals surface area contributed by atoms with E-state index < -0.39 is 10.0 Å². The zero-order valence-electron chi connectivity index (χ0n) is 21.3. The zero-order valence-corrected chi connectivity index (χ0v) is 22.8. The lowest BCUT2D eigenvalue weighted by Gasteiger charge is -2.42. The van der Waals surface area contributed by atoms with Crippen molar-refractivity contribution in [1.82, 2.24) is 24.2 Å². The van der Waals surface area contributed by atoms with Crippen LogP contribution in [0.4, 0.5) is 11.8 Å². The number of nitrogens with one attached hydrogen (secondary N) is 1. The van der Waals surface area contributed by atoms with Gasteiger partial charge in [0.15, 0.2) is 0 Å². The third kappa shape index (κ3) is 5.25. The van der Waals surface area contributed by atoms with E-state index in [2.05, 4.69) is 19.9 Å². The molecule has 198 valence electrons. The van der Waals surface area contributed by atoms with Crippen molar-refractivity contribution < 1.29 is 13.2 Å². The fourth-order valence-electron chi connectivity index (χ4n) is 5.11. The normalized spacial score (nSPS) is 20.1. The molecule has 0 unspecified atom stereocenters. The number of carbonyl (C=O) groups is 1. The first-order chi connectivity index (χ1) is 17.6. The van der Waals surface area contributed by atoms with Gasteiger partial charge >= 0.3 is 0 Å². The van der Waals surface area contributed by atoms with Crippen molar-refractivity contribution in [2.24, 2.45) is 5.92 Å². The fourth-order valence-corrected chi connectivity index (χ4v) is 6.77. The van der Waals surface area contributed by atoms with Crippen molar-refractivity contribution in [2.75, 3.05) is 56.6 Å². The molecule has 12 heteroatoms. The van der Waals surface area contributed by atoms with Crippen LogP contribution in [-0.2, 0) is 14.8 Å². The summed E-state index contributed by atoms with van der Waals surface area (Å²) in [6.45, 7) is 4.38. The number of aromatic amines is 1. The monoisotopic (exact) mass is 545 g/mol. The van der Waals surface area contributed by atoms with Crippen molar-refractivity contribution in [1.29, 1.82) is 0 Å². The summed E-state index contributed by atoms with van der Waals surface area (Å²) in [6.07, 6.45) is 3.66. The molecule has 0 saturated carbocycles. The van der Waals surface area contributed by atoms with E-state index in [4.69, 9.17) is 11.6 Å². The van der Waals surface area contributed by atoms with Crippen LogP contribution in [0.15, 0.2) is 41.6 Å². The maximum Gasteiger partial charge on any atom is 0.259 e. The molecule has 2 aliphatic rings. The molecule has 2 fully saturated rings. The molecule has 3 aromatic rings. The molecule has 1 N–H and O–H groups in total. The molecule has 2 aromatic heterocycles. The number of fused-ring (bicyclic) bond motifs is 1. The summed E-state index contributed by atoms with van der Waals surface area (Å²) in [6, 6.07) is 8.50. The number of aromatic nitrogens is 3. The van der Waals surface area contributed by atoms with E-state index >= 15 is 0 Å². The lowest BCUT2D eigenvalue weighted by atomic mass is 9.95. The van der Waals surface area contributed by atoms with Gasteiger partial charge < -0.3 is 19.7 Å². The number of nitrogens with zero attached hydrogens (tertiary/aromatic N) is 6. The standard InChI is InChI=1S/C25H32ClN7O3S/c1-17-14-32(37(35,36)23-12-19-4-5-20(26)13-21(19)28-23)16-24(34)33(17)15-18-7-10-31(11-8-18)22-6-9-27-25(29-22)30(2)3/h4-6,9,12-13,17-18,28H,7-8,10-11,14-16H2,1-3H3/t17-/m1/s1. The van der Waals surface area contributed by atoms with Gasteiger partial charge in [0.1, 0.15) is 10.8 Å². The van der Waals surface area contributed by atoms with Crippen LogP contribution in [0.3, 0.4) is 0 Å². The highest BCUT2D eigenvalue weighted by molar-refractivity contribution is 7.89. The first kappa shape index (κ1) is 25.7. The highest BCUT2D eigenvalue weighted by Gasteiger charge is 2.38. The lowest BCUT2D eigenvalue weighted by Crippen LogP contribution is -2.58. The predicted molar refractivity (Wildman–Crippen MR) is 145 cm³/mol. The Bertz CT molecular complexity index is 1400. The van der Waals surface area contributed by atoms with Crippen LogP contribution in [-0.4, -0.2) is 91.3 Å². The molecule has 0 aliphatic carbocycles. The fraction of sp³-hybridized carbons (Fsp3) is 0.480. The van der Waals surface area contributed by atoms with Gasteiger partial charge in [-0.2, -0.15) is 9.29 Å². The van der Waals surface area contributed by atoms with Gasteiger partial charge in [0, 0.05) is 68.4 Å². The number of anilines is 2. The molecule has 0 radical (unpaired) electrons. The van der Waals surface area contributed by atoms with E-state index in [0.29, 0.717) is 29.0 Å². The van der Waals surface area contributed by atoms with Crippen LogP contribution in [0.25, 0.3) is 10.9 Å². The van der Waals surface area contributed by atoms with Gasteiger partial charge in [-0.15, -0.1) is 0 Å². The number of piperidine rings is 1. The number of H-pyrrole nitrogens is 1. The number of carbonyl (C=O) groups excluding carboxylic acids is 1. The van der Waals surface area contributed by atoms with E-state index in [1.165, 1.54) is 4.31 Å². The predicted octanol–water partition coefficient (Wildman–Crippen LogP) is 2.82. The molecule has 2 aliphatic heterocycles. The highest BCUT2D eigenvalue weighted by atomic mass is 35.5. The van der Waals surface area contributed by atoms with Crippen LogP contribution in [0.5, 0.6) is 0 Å². The molecule has 0 spiro atoms. The summed E-state index contributed by atoms with van der Waals surface area (Å²) in [4.78, 5) is 31.0. The topological polar surface area (TPSA) is 106 Å². The Morgan fingerprint density at radius 1 is 1.16 bits per heavy atom. The van der Waals surface area contributed by atoms with Crippen molar-refractivity contribution in [3.05, 3.63) is 41.6 Å². The Morgan fingerprint density at radius 2 is 1.92 bits per heavy atom. The maximum absolute atomic E-state index is 13.3. The van der Waals surface area contributed by atoms with Crippen molar-refractivity contribution in [3.8, 4) is 0 Å². The second kappa shape index (κ2) is 10.1. The number of piperazine rings is 1. The molecule has 37 heavy (non-hydrogen) atoms. The Labute approximate surface area is 222 Å². The van der Waals surface area contributed by atoms with Crippen LogP contribution in [0.2, 0.25) is 5.02 Å². The average molecular weight is 546 g/mol. The minimum absolute atomic E-state index is 0.0766. The number of rotatable bonds is 6. The quantitative estimate of drug-likeness (QED) is 0.507. The average Bonchev–Trinajstić information content (AvgIpc) is 3.31. The molecular formula is C25H32ClN7O3S. The molecule has 1 atom stereocenters. The van der Waals surface area contributed by atoms with Gasteiger partial charge in [-0.05, 0) is 49.9 Å². The Morgan fingerprint density at radius 3 is 2.62 bits per heavy atom. The molecule has 4 heterocycles. The summed E-state index contributed by atoms with van der Waals surface area (Å²) >= 11 is 6.04. The number of halogens is 1. The van der Waals surface area contributed by atoms with Gasteiger partial charge in [0.25, 0.3) is 10.0 Å². The molecule has 1 aromatic carbocycles. The third-order valence-corrected chi connectivity index (χ3v) is 9.20. The van der Waals surface area contributed by atoms with E-state index in [9.17, 15) is 13.2 Å². The largest absolute Gasteiger partial charge is 0.356 e. The Hall–Kier alpha value is -2.89. The SMILES string of the molecule is C[C@@H]1CN(S(=O)(=O)c2cc3ccc(Cl)cc3[nH]2)CC(=O)N1CC1CCN(c2ccnc(N(C)C)n2)CC1. The summed E-state index contributed by atoms with van der Waals surface area (Å²) in [5.74, 6) is 1.80. The van der Waals surface area contributed by atoms with Crippen LogP contribution in [0.1, 0.15) is 19.8 Å². The van der Waals surface area contributed by atoms with Crippen molar-refractivity contribution in [2.45, 2.75) is 30.8 Å². The van der Waals surface area contributed by atoms with Gasteiger partial charge in [0.05, 0.1) is 6.54 Å². The summed E-state index contributed by atoms with van der Waals surface area (Å²) in [5.41, 5.74) is 0.648. The van der Waals surface area contributed by atoms with Crippen LogP contribution in [0, 0.1) is 5.92 Å². The Balaban J connectivity index is 1.21. The summed E-state index contributed by atoms with van der Waals surface area (Å²) < 4.78 is 28.0. The zero-order chi connectivity index (χ0) is 26.3. The molecule has 5 rings (SSSR count). The van der Waals surface area contributed by atoms with E-state index in [-0.39, 0.29) is 30.1 Å². The lowest BCUT2D eigenvalue weighted by molar-refractivity contribution is -0.137. The second-order valence-corrected chi connectivity index (χ2v) is 12.4. The number of benzene rings is 1. The van der Waals surface area contributed by atoms with Crippen molar-refractivity contribution in [3.63, 3.8) is 0 Å². The van der Waals surface area contributed by atoms with Crippen LogP contribution < -0.4 is 9.80 Å². The summed E-state index contributed by atoms with van der Waals surface area (Å²) in [5, 5.41) is 1.36. The van der Waals surface area contributed by atoms with Crippen molar-refractivity contribution >= 4 is 50.2 Å². The van der Waals surface area contributed by atoms with Gasteiger partial charge in [-0.25, -0.2) is 13.4 Å². The highest BCUT2D eigenvalue weighted by Crippen LogP contribution is 2.28. The minimum Gasteiger partial charge on any atom is -0.356 e. The maximum atomic E-state index is 13.3. The number of sulfonamides is 1. The Kier molecular flexibility index (Phi) is 7.03.